The number of fused-ring (bicyclic) bond motifs is 2. The van der Waals surface area contributed by atoms with E-state index in [0.717, 1.165) is 11.1 Å². The zero-order valence-electron chi connectivity index (χ0n) is 11.5. The standard InChI is InChI=1S/C14H11N5O3/c1-6-10(14(20)21)11(8-5-15-17-13(8)16-6)7-3-2-4-9-12(7)19-22-18-9/h2-5,11H,1H3,(H,20,21)(H2,15,16,17). The maximum atomic E-state index is 11.8. The van der Waals surface area contributed by atoms with Crippen LogP contribution in [0.4, 0.5) is 5.82 Å². The molecule has 0 bridgehead atoms. The summed E-state index contributed by atoms with van der Waals surface area (Å²) in [5, 5.41) is 27.3. The molecular formula is C14H11N5O3. The lowest BCUT2D eigenvalue weighted by molar-refractivity contribution is -0.132. The second-order valence-corrected chi connectivity index (χ2v) is 5.07. The topological polar surface area (TPSA) is 117 Å². The Bertz CT molecular complexity index is 923. The average Bonchev–Trinajstić information content (AvgIpc) is 3.13. The summed E-state index contributed by atoms with van der Waals surface area (Å²) < 4.78 is 4.79. The maximum Gasteiger partial charge on any atom is 0.334 e. The highest BCUT2D eigenvalue weighted by Gasteiger charge is 2.35. The first kappa shape index (κ1) is 12.6. The van der Waals surface area contributed by atoms with E-state index in [4.69, 9.17) is 4.63 Å². The molecule has 3 aromatic rings. The van der Waals surface area contributed by atoms with Gasteiger partial charge in [0.15, 0.2) is 5.82 Å². The van der Waals surface area contributed by atoms with Gasteiger partial charge in [0.1, 0.15) is 11.0 Å². The summed E-state index contributed by atoms with van der Waals surface area (Å²) in [6.45, 7) is 1.72. The van der Waals surface area contributed by atoms with Gasteiger partial charge in [0.25, 0.3) is 0 Å². The van der Waals surface area contributed by atoms with Crippen molar-refractivity contribution in [2.24, 2.45) is 0 Å². The summed E-state index contributed by atoms with van der Waals surface area (Å²) in [5.74, 6) is -0.876. The Morgan fingerprint density at radius 1 is 1.32 bits per heavy atom. The number of carboxylic acids is 1. The lowest BCUT2D eigenvalue weighted by Crippen LogP contribution is -2.22. The fraction of sp³-hybridized carbons (Fsp3) is 0.143. The highest BCUT2D eigenvalue weighted by molar-refractivity contribution is 5.94. The predicted molar refractivity (Wildman–Crippen MR) is 76.2 cm³/mol. The minimum Gasteiger partial charge on any atom is -0.478 e. The summed E-state index contributed by atoms with van der Waals surface area (Å²) in [4.78, 5) is 11.8. The molecule has 2 aromatic heterocycles. The fourth-order valence-electron chi connectivity index (χ4n) is 2.90. The van der Waals surface area contributed by atoms with Crippen LogP contribution in [0.2, 0.25) is 0 Å². The molecule has 0 radical (unpaired) electrons. The van der Waals surface area contributed by atoms with Gasteiger partial charge in [-0.3, -0.25) is 5.10 Å². The van der Waals surface area contributed by atoms with Crippen molar-refractivity contribution in [1.29, 1.82) is 0 Å². The van der Waals surface area contributed by atoms with Gasteiger partial charge in [-0.2, -0.15) is 5.10 Å². The predicted octanol–water partition coefficient (Wildman–Crippen LogP) is 1.86. The molecule has 1 aromatic carbocycles. The van der Waals surface area contributed by atoms with Crippen LogP contribution in [0, 0.1) is 0 Å². The SMILES string of the molecule is CC1=C(C(=O)O)C(c2cccc3nonc23)c2c[nH]nc2N1. The average molecular weight is 297 g/mol. The molecular weight excluding hydrogens is 286 g/mol. The number of allylic oxidation sites excluding steroid dienone is 1. The third-order valence-electron chi connectivity index (χ3n) is 3.84. The van der Waals surface area contributed by atoms with Gasteiger partial charge in [0, 0.05) is 17.5 Å². The van der Waals surface area contributed by atoms with Gasteiger partial charge in [0.05, 0.1) is 11.5 Å². The first-order valence-corrected chi connectivity index (χ1v) is 6.62. The summed E-state index contributed by atoms with van der Waals surface area (Å²) in [7, 11) is 0. The molecule has 0 spiro atoms. The van der Waals surface area contributed by atoms with E-state index in [1.54, 1.807) is 25.3 Å². The van der Waals surface area contributed by atoms with Crippen molar-refractivity contribution in [1.82, 2.24) is 20.5 Å². The van der Waals surface area contributed by atoms with E-state index < -0.39 is 11.9 Å². The van der Waals surface area contributed by atoms with Crippen molar-refractivity contribution in [3.8, 4) is 0 Å². The number of rotatable bonds is 2. The van der Waals surface area contributed by atoms with Crippen LogP contribution in [0.1, 0.15) is 24.0 Å². The maximum absolute atomic E-state index is 11.8. The monoisotopic (exact) mass is 297 g/mol. The number of nitrogens with zero attached hydrogens (tertiary/aromatic N) is 3. The smallest absolute Gasteiger partial charge is 0.334 e. The summed E-state index contributed by atoms with van der Waals surface area (Å²) in [6.07, 6.45) is 1.69. The number of H-pyrrole nitrogens is 1. The number of aliphatic carboxylic acids is 1. The Kier molecular flexibility index (Phi) is 2.52. The van der Waals surface area contributed by atoms with Crippen LogP contribution in [0.5, 0.6) is 0 Å². The molecule has 8 nitrogen and oxygen atoms in total. The number of carbonyl (C=O) groups is 1. The number of nitrogens with one attached hydrogen (secondary N) is 2. The summed E-state index contributed by atoms with van der Waals surface area (Å²) >= 11 is 0. The van der Waals surface area contributed by atoms with E-state index >= 15 is 0 Å². The molecule has 1 aliphatic rings. The van der Waals surface area contributed by atoms with E-state index in [-0.39, 0.29) is 5.57 Å². The van der Waals surface area contributed by atoms with Gasteiger partial charge in [-0.25, -0.2) is 9.42 Å². The van der Waals surface area contributed by atoms with E-state index in [1.807, 2.05) is 6.07 Å². The van der Waals surface area contributed by atoms with E-state index in [2.05, 4.69) is 25.8 Å². The molecule has 0 saturated carbocycles. The van der Waals surface area contributed by atoms with Crippen molar-refractivity contribution in [3.05, 3.63) is 46.8 Å². The number of carboxylic acid groups (broad SMARTS) is 1. The van der Waals surface area contributed by atoms with Crippen LogP contribution >= 0.6 is 0 Å². The Morgan fingerprint density at radius 3 is 3.00 bits per heavy atom. The summed E-state index contributed by atoms with van der Waals surface area (Å²) in [5.41, 5.74) is 3.41. The molecule has 0 saturated heterocycles. The van der Waals surface area contributed by atoms with Gasteiger partial charge in [-0.05, 0) is 28.9 Å². The quantitative estimate of drug-likeness (QED) is 0.660. The van der Waals surface area contributed by atoms with E-state index in [0.29, 0.717) is 22.5 Å². The van der Waals surface area contributed by atoms with Gasteiger partial charge < -0.3 is 10.4 Å². The molecule has 22 heavy (non-hydrogen) atoms. The minimum atomic E-state index is -0.990. The van der Waals surface area contributed by atoms with Crippen LogP contribution in [0.15, 0.2) is 40.3 Å². The molecule has 8 heteroatoms. The van der Waals surface area contributed by atoms with E-state index in [9.17, 15) is 9.90 Å². The normalized spacial score (nSPS) is 17.4. The number of aromatic nitrogens is 4. The first-order chi connectivity index (χ1) is 10.7. The van der Waals surface area contributed by atoms with Crippen molar-refractivity contribution < 1.29 is 14.5 Å². The fourth-order valence-corrected chi connectivity index (χ4v) is 2.90. The Morgan fingerprint density at radius 2 is 2.18 bits per heavy atom. The molecule has 0 fully saturated rings. The van der Waals surface area contributed by atoms with Crippen LogP contribution < -0.4 is 5.32 Å². The highest BCUT2D eigenvalue weighted by Crippen LogP contribution is 2.42. The van der Waals surface area contributed by atoms with Crippen molar-refractivity contribution in [2.45, 2.75) is 12.8 Å². The minimum absolute atomic E-state index is 0.254. The Balaban J connectivity index is 2.03. The van der Waals surface area contributed by atoms with Crippen LogP contribution in [-0.4, -0.2) is 31.6 Å². The van der Waals surface area contributed by atoms with Crippen molar-refractivity contribution >= 4 is 22.8 Å². The number of hydrogen-bond acceptors (Lipinski definition) is 6. The number of hydrogen-bond donors (Lipinski definition) is 3. The molecule has 0 aliphatic carbocycles. The van der Waals surface area contributed by atoms with E-state index in [1.165, 1.54) is 0 Å². The number of benzene rings is 1. The van der Waals surface area contributed by atoms with Gasteiger partial charge in [-0.15, -0.1) is 0 Å². The molecule has 1 unspecified atom stereocenters. The molecule has 110 valence electrons. The highest BCUT2D eigenvalue weighted by atomic mass is 16.6. The Labute approximate surface area is 123 Å². The molecule has 1 atom stereocenters. The van der Waals surface area contributed by atoms with Crippen LogP contribution in [0.25, 0.3) is 11.0 Å². The molecule has 4 rings (SSSR count). The van der Waals surface area contributed by atoms with Crippen molar-refractivity contribution in [3.63, 3.8) is 0 Å². The Hall–Kier alpha value is -3.16. The van der Waals surface area contributed by atoms with Crippen molar-refractivity contribution in [2.75, 3.05) is 5.32 Å². The number of aromatic amines is 1. The van der Waals surface area contributed by atoms with Gasteiger partial charge in [-0.1, -0.05) is 12.1 Å². The van der Waals surface area contributed by atoms with Crippen LogP contribution in [-0.2, 0) is 4.79 Å². The molecule has 3 heterocycles. The molecule has 3 N–H and O–H groups in total. The summed E-state index contributed by atoms with van der Waals surface area (Å²) in [6, 6.07) is 5.40. The zero-order valence-corrected chi connectivity index (χ0v) is 11.5. The lowest BCUT2D eigenvalue weighted by atomic mass is 9.82. The lowest BCUT2D eigenvalue weighted by Gasteiger charge is -2.25. The first-order valence-electron chi connectivity index (χ1n) is 6.62. The zero-order chi connectivity index (χ0) is 15.3. The molecule has 1 aliphatic heterocycles. The third-order valence-corrected chi connectivity index (χ3v) is 3.84. The largest absolute Gasteiger partial charge is 0.478 e. The second-order valence-electron chi connectivity index (χ2n) is 5.07. The van der Waals surface area contributed by atoms with Gasteiger partial charge >= 0.3 is 5.97 Å². The second kappa shape index (κ2) is 4.42. The van der Waals surface area contributed by atoms with Gasteiger partial charge in [0.2, 0.25) is 0 Å². The van der Waals surface area contributed by atoms with Crippen LogP contribution in [0.3, 0.4) is 0 Å². The third kappa shape index (κ3) is 1.63. The number of anilines is 1. The molecule has 0 amide bonds.